The number of Topliss-reactive ketones (excluding diaryl/α,β-unsaturated/α-hetero) is 1. The number of esters is 1. The standard InChI is InChI=1S/C22H20F2N2O6S/c1-13-11-18(14(2)26(13)15-7-9-16(10-8-15)33(25,29)30)19(27)12-31-21(28)17-5-3-4-6-20(17)32-22(23)24/h3-11,22H,12H2,1-2H3,(H2,25,29,30). The molecule has 3 aromatic rings. The Hall–Kier alpha value is -3.57. The number of carbonyl (C=O) groups is 2. The maximum absolute atomic E-state index is 12.7. The number of ketones is 1. The van der Waals surface area contributed by atoms with Gasteiger partial charge in [-0.05, 0) is 56.3 Å². The molecular formula is C22H20F2N2O6S. The number of primary sulfonamides is 1. The fraction of sp³-hybridized carbons (Fsp3) is 0.182. The van der Waals surface area contributed by atoms with Crippen molar-refractivity contribution in [2.24, 2.45) is 5.14 Å². The molecule has 2 N–H and O–H groups in total. The number of halogens is 2. The minimum absolute atomic E-state index is 0.0481. The molecule has 0 fully saturated rings. The van der Waals surface area contributed by atoms with Crippen LogP contribution in [0.25, 0.3) is 5.69 Å². The fourth-order valence-corrected chi connectivity index (χ4v) is 3.86. The molecular weight excluding hydrogens is 458 g/mol. The van der Waals surface area contributed by atoms with Crippen LogP contribution in [0, 0.1) is 13.8 Å². The summed E-state index contributed by atoms with van der Waals surface area (Å²) in [5, 5.41) is 5.12. The lowest BCUT2D eigenvalue weighted by Crippen LogP contribution is -2.16. The van der Waals surface area contributed by atoms with Crippen molar-refractivity contribution in [2.75, 3.05) is 6.61 Å². The van der Waals surface area contributed by atoms with E-state index in [2.05, 4.69) is 4.74 Å². The van der Waals surface area contributed by atoms with E-state index in [1.807, 2.05) is 0 Å². The first kappa shape index (κ1) is 24.1. The van der Waals surface area contributed by atoms with E-state index in [-0.39, 0.29) is 21.8 Å². The molecule has 2 aromatic carbocycles. The van der Waals surface area contributed by atoms with E-state index in [0.29, 0.717) is 17.1 Å². The second-order valence-corrected chi connectivity index (χ2v) is 8.59. The number of alkyl halides is 2. The summed E-state index contributed by atoms with van der Waals surface area (Å²) in [7, 11) is -3.84. The number of nitrogens with zero attached hydrogens (tertiary/aromatic N) is 1. The molecule has 0 bridgehead atoms. The molecule has 3 rings (SSSR count). The Balaban J connectivity index is 1.78. The maximum atomic E-state index is 12.7. The Labute approximate surface area is 188 Å². The minimum Gasteiger partial charge on any atom is -0.454 e. The highest BCUT2D eigenvalue weighted by molar-refractivity contribution is 7.89. The smallest absolute Gasteiger partial charge is 0.387 e. The minimum atomic E-state index is -3.84. The van der Waals surface area contributed by atoms with Gasteiger partial charge in [-0.15, -0.1) is 0 Å². The molecule has 0 saturated carbocycles. The summed E-state index contributed by atoms with van der Waals surface area (Å²) < 4.78 is 59.0. The third-order valence-electron chi connectivity index (χ3n) is 4.81. The highest BCUT2D eigenvalue weighted by Gasteiger charge is 2.21. The van der Waals surface area contributed by atoms with Crippen LogP contribution in [0.2, 0.25) is 0 Å². The molecule has 0 atom stereocenters. The van der Waals surface area contributed by atoms with Crippen LogP contribution in [0.1, 0.15) is 32.1 Å². The first-order valence-electron chi connectivity index (χ1n) is 9.55. The zero-order valence-corrected chi connectivity index (χ0v) is 18.4. The van der Waals surface area contributed by atoms with E-state index in [1.165, 1.54) is 36.4 Å². The average molecular weight is 478 g/mol. The number of ether oxygens (including phenoxy) is 2. The molecule has 0 amide bonds. The van der Waals surface area contributed by atoms with Gasteiger partial charge in [-0.3, -0.25) is 4.79 Å². The summed E-state index contributed by atoms with van der Waals surface area (Å²) in [5.74, 6) is -1.84. The molecule has 1 aromatic heterocycles. The van der Waals surface area contributed by atoms with E-state index < -0.39 is 35.0 Å². The molecule has 33 heavy (non-hydrogen) atoms. The number of hydrogen-bond donors (Lipinski definition) is 1. The van der Waals surface area contributed by atoms with Crippen molar-refractivity contribution in [2.45, 2.75) is 25.4 Å². The van der Waals surface area contributed by atoms with Gasteiger partial charge in [0.2, 0.25) is 15.8 Å². The number of para-hydroxylation sites is 1. The Kier molecular flexibility index (Phi) is 6.94. The lowest BCUT2D eigenvalue weighted by Gasteiger charge is -2.11. The van der Waals surface area contributed by atoms with Gasteiger partial charge in [0.25, 0.3) is 0 Å². The number of benzene rings is 2. The Bertz CT molecular complexity index is 1300. The van der Waals surface area contributed by atoms with Gasteiger partial charge in [0.1, 0.15) is 11.3 Å². The molecule has 0 aliphatic rings. The second kappa shape index (κ2) is 9.51. The quantitative estimate of drug-likeness (QED) is 0.392. The van der Waals surface area contributed by atoms with Gasteiger partial charge >= 0.3 is 12.6 Å². The number of rotatable bonds is 8. The van der Waals surface area contributed by atoms with Crippen LogP contribution in [-0.2, 0) is 14.8 Å². The number of sulfonamides is 1. The predicted octanol–water partition coefficient (Wildman–Crippen LogP) is 3.38. The van der Waals surface area contributed by atoms with Gasteiger partial charge < -0.3 is 14.0 Å². The molecule has 1 heterocycles. The third-order valence-corrected chi connectivity index (χ3v) is 5.74. The normalized spacial score (nSPS) is 11.5. The highest BCUT2D eigenvalue weighted by Crippen LogP contribution is 2.24. The van der Waals surface area contributed by atoms with Crippen LogP contribution >= 0.6 is 0 Å². The number of aromatic nitrogens is 1. The van der Waals surface area contributed by atoms with Crippen LogP contribution in [0.4, 0.5) is 8.78 Å². The third kappa shape index (κ3) is 5.44. The number of nitrogens with two attached hydrogens (primary N) is 1. The fourth-order valence-electron chi connectivity index (χ4n) is 3.35. The Morgan fingerprint density at radius 1 is 1.03 bits per heavy atom. The summed E-state index contributed by atoms with van der Waals surface area (Å²) in [4.78, 5) is 25.0. The van der Waals surface area contributed by atoms with Crippen molar-refractivity contribution in [3.63, 3.8) is 0 Å². The van der Waals surface area contributed by atoms with Crippen molar-refractivity contribution in [1.29, 1.82) is 0 Å². The van der Waals surface area contributed by atoms with Crippen molar-refractivity contribution in [1.82, 2.24) is 4.57 Å². The molecule has 11 heteroatoms. The first-order chi connectivity index (χ1) is 15.5. The second-order valence-electron chi connectivity index (χ2n) is 7.03. The van der Waals surface area contributed by atoms with Gasteiger partial charge in [-0.2, -0.15) is 8.78 Å². The summed E-state index contributed by atoms with van der Waals surface area (Å²) in [6.45, 7) is -0.302. The van der Waals surface area contributed by atoms with Crippen molar-refractivity contribution < 1.29 is 36.3 Å². The number of aryl methyl sites for hydroxylation is 1. The highest BCUT2D eigenvalue weighted by atomic mass is 32.2. The van der Waals surface area contributed by atoms with Gasteiger partial charge in [-0.25, -0.2) is 18.4 Å². The molecule has 0 radical (unpaired) electrons. The molecule has 0 unspecified atom stereocenters. The van der Waals surface area contributed by atoms with E-state index in [1.54, 1.807) is 36.6 Å². The van der Waals surface area contributed by atoms with E-state index in [4.69, 9.17) is 9.88 Å². The number of carbonyl (C=O) groups excluding carboxylic acids is 2. The predicted molar refractivity (Wildman–Crippen MR) is 114 cm³/mol. The van der Waals surface area contributed by atoms with E-state index in [9.17, 15) is 26.8 Å². The van der Waals surface area contributed by atoms with Crippen LogP contribution < -0.4 is 9.88 Å². The van der Waals surface area contributed by atoms with E-state index in [0.717, 1.165) is 0 Å². The summed E-state index contributed by atoms with van der Waals surface area (Å²) in [6, 6.07) is 12.7. The molecule has 0 aliphatic carbocycles. The molecule has 0 aliphatic heterocycles. The zero-order chi connectivity index (χ0) is 24.3. The van der Waals surface area contributed by atoms with Crippen LogP contribution in [-0.4, -0.2) is 38.0 Å². The zero-order valence-electron chi connectivity index (χ0n) is 17.6. The van der Waals surface area contributed by atoms with Gasteiger partial charge in [0.15, 0.2) is 6.61 Å². The Morgan fingerprint density at radius 3 is 2.27 bits per heavy atom. The van der Waals surface area contributed by atoms with E-state index >= 15 is 0 Å². The van der Waals surface area contributed by atoms with Gasteiger partial charge in [0.05, 0.1) is 4.90 Å². The Morgan fingerprint density at radius 2 is 1.67 bits per heavy atom. The van der Waals surface area contributed by atoms with Gasteiger partial charge in [-0.1, -0.05) is 12.1 Å². The summed E-state index contributed by atoms with van der Waals surface area (Å²) in [5.41, 5.74) is 1.88. The van der Waals surface area contributed by atoms with Crippen LogP contribution in [0.3, 0.4) is 0 Å². The molecule has 0 spiro atoms. The van der Waals surface area contributed by atoms with Gasteiger partial charge in [0, 0.05) is 22.6 Å². The maximum Gasteiger partial charge on any atom is 0.387 e. The lowest BCUT2D eigenvalue weighted by atomic mass is 10.1. The summed E-state index contributed by atoms with van der Waals surface area (Å²) in [6.07, 6.45) is 0. The molecule has 174 valence electrons. The average Bonchev–Trinajstić information content (AvgIpc) is 3.05. The topological polar surface area (TPSA) is 118 Å². The largest absolute Gasteiger partial charge is 0.454 e. The van der Waals surface area contributed by atoms with Crippen molar-refractivity contribution in [3.8, 4) is 11.4 Å². The lowest BCUT2D eigenvalue weighted by molar-refractivity contribution is -0.0504. The monoisotopic (exact) mass is 478 g/mol. The van der Waals surface area contributed by atoms with Crippen LogP contribution in [0.5, 0.6) is 5.75 Å². The number of hydrogen-bond acceptors (Lipinski definition) is 6. The molecule has 8 nitrogen and oxygen atoms in total. The van der Waals surface area contributed by atoms with Crippen LogP contribution in [0.15, 0.2) is 59.5 Å². The van der Waals surface area contributed by atoms with Crippen molar-refractivity contribution >= 4 is 21.8 Å². The first-order valence-corrected chi connectivity index (χ1v) is 11.1. The molecule has 0 saturated heterocycles. The summed E-state index contributed by atoms with van der Waals surface area (Å²) >= 11 is 0. The van der Waals surface area contributed by atoms with Crippen molar-refractivity contribution in [3.05, 3.63) is 77.1 Å². The SMILES string of the molecule is Cc1cc(C(=O)COC(=O)c2ccccc2OC(F)F)c(C)n1-c1ccc(S(N)(=O)=O)cc1.